The molecule has 0 aromatic heterocycles. The molecule has 6 nitrogen and oxygen atoms in total. The van der Waals surface area contributed by atoms with E-state index in [4.69, 9.17) is 5.14 Å². The summed E-state index contributed by atoms with van der Waals surface area (Å²) in [5.41, 5.74) is 1.19. The number of unbranched alkanes of at least 4 members (excludes halogenated alkanes) is 20. The first-order chi connectivity index (χ1) is 19.7. The van der Waals surface area contributed by atoms with Crippen LogP contribution in [0.15, 0.2) is 29.2 Å². The lowest BCUT2D eigenvalue weighted by Gasteiger charge is -2.04. The summed E-state index contributed by atoms with van der Waals surface area (Å²) in [6.07, 6.45) is 29.5. The first kappa shape index (κ1) is 40.0. The molecule has 41 heavy (non-hydrogen) atoms. The van der Waals surface area contributed by atoms with Gasteiger partial charge in [0.1, 0.15) is 0 Å². The molecular weight excluding hydrogens is 553 g/mol. The molecule has 0 fully saturated rings. The highest BCUT2D eigenvalue weighted by molar-refractivity contribution is 7.89. The van der Waals surface area contributed by atoms with Crippen LogP contribution in [0.4, 0.5) is 0 Å². The lowest BCUT2D eigenvalue weighted by Crippen LogP contribution is -2.21. The van der Waals surface area contributed by atoms with E-state index in [-0.39, 0.29) is 10.6 Å². The van der Waals surface area contributed by atoms with Crippen LogP contribution in [-0.2, 0) is 26.5 Å². The van der Waals surface area contributed by atoms with Gasteiger partial charge in [0, 0.05) is 0 Å². The number of rotatable bonds is 26. The number of primary sulfonamides is 1. The first-order valence-corrected chi connectivity index (χ1v) is 19.9. The van der Waals surface area contributed by atoms with Gasteiger partial charge in [-0.25, -0.2) is 26.7 Å². The predicted octanol–water partition coefficient (Wildman–Crippen LogP) is 9.03. The first-order valence-electron chi connectivity index (χ1n) is 16.7. The van der Waals surface area contributed by atoms with Crippen molar-refractivity contribution in [2.45, 2.75) is 166 Å². The standard InChI is InChI=1S/C18H31NO2S.C15H33NO2S/c1-2-3-4-5-6-7-8-9-10-11-12-17-13-15-18(16-14-17)22(19,20)21;1-3-4-5-6-7-8-9-10-11-12-13-14-15-19(17,18)16-2/h13-16H,2-12H2,1H3,(H2,19,20,21);16H,3-15H2,1-2H3. The second-order valence-corrected chi connectivity index (χ2v) is 15.1. The van der Waals surface area contributed by atoms with Gasteiger partial charge in [0.25, 0.3) is 0 Å². The largest absolute Gasteiger partial charge is 0.238 e. The number of hydrogen-bond donors (Lipinski definition) is 2. The number of aryl methyl sites for hydroxylation is 1. The van der Waals surface area contributed by atoms with Gasteiger partial charge in [-0.05, 0) is 44.0 Å². The SMILES string of the molecule is CCCCCCCCCCCCCCS(=O)(=O)NC.CCCCCCCCCCCCc1ccc(S(N)(=O)=O)cc1. The Bertz CT molecular complexity index is 917. The van der Waals surface area contributed by atoms with Gasteiger partial charge in [-0.2, -0.15) is 0 Å². The topological polar surface area (TPSA) is 106 Å². The lowest BCUT2D eigenvalue weighted by molar-refractivity contribution is 0.545. The van der Waals surface area contributed by atoms with Crippen molar-refractivity contribution in [3.63, 3.8) is 0 Å². The van der Waals surface area contributed by atoms with Crippen LogP contribution in [0.2, 0.25) is 0 Å². The molecule has 1 aromatic rings. The summed E-state index contributed by atoms with van der Waals surface area (Å²) >= 11 is 0. The maximum Gasteiger partial charge on any atom is 0.238 e. The van der Waals surface area contributed by atoms with E-state index in [9.17, 15) is 16.8 Å². The summed E-state index contributed by atoms with van der Waals surface area (Å²) in [4.78, 5) is 0.194. The molecule has 0 atom stereocenters. The minimum Gasteiger partial charge on any atom is -0.225 e. The van der Waals surface area contributed by atoms with Crippen LogP contribution >= 0.6 is 0 Å². The van der Waals surface area contributed by atoms with Crippen molar-refractivity contribution in [2.75, 3.05) is 12.8 Å². The normalized spacial score (nSPS) is 11.8. The third kappa shape index (κ3) is 26.4. The summed E-state index contributed by atoms with van der Waals surface area (Å²) in [7, 11) is -5.06. The van der Waals surface area contributed by atoms with Crippen LogP contribution in [0, 0.1) is 0 Å². The summed E-state index contributed by atoms with van der Waals surface area (Å²) in [5.74, 6) is 0.279. The molecule has 0 saturated carbocycles. The van der Waals surface area contributed by atoms with Crippen LogP contribution in [0.1, 0.15) is 161 Å². The Hall–Kier alpha value is -0.960. The molecule has 0 spiro atoms. The number of nitrogens with one attached hydrogen (secondary N) is 1. The maximum atomic E-state index is 11.2. The number of nitrogens with two attached hydrogens (primary N) is 1. The highest BCUT2D eigenvalue weighted by Gasteiger charge is 2.07. The molecule has 0 bridgehead atoms. The van der Waals surface area contributed by atoms with Crippen molar-refractivity contribution in [1.82, 2.24) is 4.72 Å². The van der Waals surface area contributed by atoms with Gasteiger partial charge < -0.3 is 0 Å². The molecule has 8 heteroatoms. The van der Waals surface area contributed by atoms with Gasteiger partial charge in [0.2, 0.25) is 20.0 Å². The number of benzene rings is 1. The van der Waals surface area contributed by atoms with Crippen molar-refractivity contribution >= 4 is 20.0 Å². The average Bonchev–Trinajstić information content (AvgIpc) is 2.95. The average molecular weight is 617 g/mol. The molecule has 0 heterocycles. The molecule has 0 unspecified atom stereocenters. The molecule has 242 valence electrons. The molecule has 0 aliphatic carbocycles. The van der Waals surface area contributed by atoms with Crippen molar-refractivity contribution in [3.05, 3.63) is 29.8 Å². The Balaban J connectivity index is 0.000000790. The Morgan fingerprint density at radius 3 is 1.22 bits per heavy atom. The molecule has 3 N–H and O–H groups in total. The van der Waals surface area contributed by atoms with E-state index in [1.165, 1.54) is 141 Å². The van der Waals surface area contributed by atoms with Gasteiger partial charge in [-0.1, -0.05) is 154 Å². The van der Waals surface area contributed by atoms with E-state index in [0.29, 0.717) is 0 Å². The van der Waals surface area contributed by atoms with Gasteiger partial charge >= 0.3 is 0 Å². The van der Waals surface area contributed by atoms with E-state index in [1.807, 2.05) is 12.1 Å². The highest BCUT2D eigenvalue weighted by atomic mass is 32.2. The van der Waals surface area contributed by atoms with Crippen molar-refractivity contribution < 1.29 is 16.8 Å². The maximum absolute atomic E-state index is 11.2. The molecule has 1 rings (SSSR count). The molecule has 0 amide bonds. The fourth-order valence-electron chi connectivity index (χ4n) is 4.90. The van der Waals surface area contributed by atoms with E-state index < -0.39 is 20.0 Å². The summed E-state index contributed by atoms with van der Waals surface area (Å²) in [6.45, 7) is 4.50. The van der Waals surface area contributed by atoms with Crippen LogP contribution in [0.25, 0.3) is 0 Å². The fourth-order valence-corrected chi connectivity index (χ4v) is 6.20. The van der Waals surface area contributed by atoms with E-state index in [0.717, 1.165) is 19.3 Å². The number of sulfonamides is 2. The highest BCUT2D eigenvalue weighted by Crippen LogP contribution is 2.15. The molecule has 0 saturated heterocycles. The zero-order chi connectivity index (χ0) is 30.7. The van der Waals surface area contributed by atoms with E-state index in [2.05, 4.69) is 18.6 Å². The monoisotopic (exact) mass is 616 g/mol. The number of hydrogen-bond acceptors (Lipinski definition) is 4. The Morgan fingerprint density at radius 2 is 0.878 bits per heavy atom. The third-order valence-electron chi connectivity index (χ3n) is 7.65. The minimum atomic E-state index is -3.56. The van der Waals surface area contributed by atoms with Crippen LogP contribution in [0.3, 0.4) is 0 Å². The van der Waals surface area contributed by atoms with Gasteiger partial charge in [0.05, 0.1) is 10.6 Å². The van der Waals surface area contributed by atoms with E-state index >= 15 is 0 Å². The second-order valence-electron chi connectivity index (χ2n) is 11.5. The Morgan fingerprint density at radius 1 is 0.537 bits per heavy atom. The van der Waals surface area contributed by atoms with E-state index in [1.54, 1.807) is 12.1 Å². The summed E-state index contributed by atoms with van der Waals surface area (Å²) in [6, 6.07) is 6.93. The van der Waals surface area contributed by atoms with Gasteiger partial charge in [-0.15, -0.1) is 0 Å². The molecule has 0 radical (unpaired) electrons. The van der Waals surface area contributed by atoms with Crippen LogP contribution in [-0.4, -0.2) is 29.6 Å². The smallest absolute Gasteiger partial charge is 0.225 e. The van der Waals surface area contributed by atoms with Crippen molar-refractivity contribution in [2.24, 2.45) is 5.14 Å². The summed E-state index contributed by atoms with van der Waals surface area (Å²) in [5, 5.41) is 5.09. The zero-order valence-corrected chi connectivity index (χ0v) is 28.4. The van der Waals surface area contributed by atoms with Crippen molar-refractivity contribution in [1.29, 1.82) is 0 Å². The second kappa shape index (κ2) is 26.7. The van der Waals surface area contributed by atoms with Crippen molar-refractivity contribution in [3.8, 4) is 0 Å². The quantitative estimate of drug-likeness (QED) is 0.101. The molecule has 0 aliphatic heterocycles. The molecule has 1 aromatic carbocycles. The van der Waals surface area contributed by atoms with Gasteiger partial charge in [-0.3, -0.25) is 0 Å². The van der Waals surface area contributed by atoms with Gasteiger partial charge in [0.15, 0.2) is 0 Å². The zero-order valence-electron chi connectivity index (χ0n) is 26.8. The predicted molar refractivity (Wildman–Crippen MR) is 177 cm³/mol. The molecular formula is C33H64N2O4S2. The van der Waals surface area contributed by atoms with Crippen LogP contribution < -0.4 is 9.86 Å². The minimum absolute atomic E-state index is 0.194. The summed E-state index contributed by atoms with van der Waals surface area (Å²) < 4.78 is 47.0. The lowest BCUT2D eigenvalue weighted by atomic mass is 10.0. The Kier molecular flexibility index (Phi) is 26.0. The molecule has 0 aliphatic rings. The third-order valence-corrected chi connectivity index (χ3v) is 10.0. The Labute approximate surface area is 255 Å². The van der Waals surface area contributed by atoms with Crippen LogP contribution in [0.5, 0.6) is 0 Å². The fraction of sp³-hybridized carbons (Fsp3) is 0.818.